The summed E-state index contributed by atoms with van der Waals surface area (Å²) in [6.45, 7) is 4.15. The quantitative estimate of drug-likeness (QED) is 0.841. The van der Waals surface area contributed by atoms with Crippen molar-refractivity contribution in [2.45, 2.75) is 20.3 Å². The maximum Gasteiger partial charge on any atom is 0.275 e. The number of carbonyl (C=O) groups is 1. The predicted molar refractivity (Wildman–Crippen MR) is 87.8 cm³/mol. The molecule has 0 spiro atoms. The molecule has 1 amide bonds. The number of hydrogen-bond acceptors (Lipinski definition) is 4. The van der Waals surface area contributed by atoms with Gasteiger partial charge in [0, 0.05) is 24.9 Å². The highest BCUT2D eigenvalue weighted by Gasteiger charge is 2.15. The van der Waals surface area contributed by atoms with E-state index >= 15 is 0 Å². The van der Waals surface area contributed by atoms with Crippen molar-refractivity contribution in [2.24, 2.45) is 5.92 Å². The minimum atomic E-state index is -0.496. The normalized spacial score (nSPS) is 12.0. The van der Waals surface area contributed by atoms with Crippen molar-refractivity contribution in [1.29, 1.82) is 0 Å². The minimum absolute atomic E-state index is 0.0701. The van der Waals surface area contributed by atoms with Gasteiger partial charge in [0.05, 0.1) is 5.69 Å². The third kappa shape index (κ3) is 4.26. The van der Waals surface area contributed by atoms with Crippen molar-refractivity contribution in [3.8, 4) is 5.69 Å². The molecule has 1 unspecified atom stereocenters. The second kappa shape index (κ2) is 7.69. The number of aromatic nitrogens is 2. The van der Waals surface area contributed by atoms with Gasteiger partial charge < -0.3 is 10.4 Å². The number of aliphatic hydroxyl groups excluding tert-OH is 1. The average molecular weight is 315 g/mol. The number of aryl methyl sites for hydroxylation is 1. The Balaban J connectivity index is 2.25. The average Bonchev–Trinajstić information content (AvgIpc) is 2.54. The summed E-state index contributed by atoms with van der Waals surface area (Å²) in [4.78, 5) is 24.3. The van der Waals surface area contributed by atoms with Crippen LogP contribution in [0.4, 0.5) is 0 Å². The molecule has 1 aromatic heterocycles. The topological polar surface area (TPSA) is 84.2 Å². The van der Waals surface area contributed by atoms with Crippen LogP contribution < -0.4 is 10.7 Å². The Hall–Kier alpha value is -2.47. The van der Waals surface area contributed by atoms with E-state index in [2.05, 4.69) is 10.4 Å². The number of benzene rings is 1. The molecule has 122 valence electrons. The largest absolute Gasteiger partial charge is 0.396 e. The van der Waals surface area contributed by atoms with Crippen molar-refractivity contribution in [3.05, 3.63) is 58.0 Å². The number of nitrogens with one attached hydrogen (secondary N) is 1. The lowest BCUT2D eigenvalue weighted by Crippen LogP contribution is -2.34. The Morgan fingerprint density at radius 1 is 1.35 bits per heavy atom. The van der Waals surface area contributed by atoms with Gasteiger partial charge in [-0.1, -0.05) is 25.1 Å². The lowest BCUT2D eigenvalue weighted by molar-refractivity contribution is 0.0937. The van der Waals surface area contributed by atoms with Gasteiger partial charge in [0.25, 0.3) is 5.91 Å². The van der Waals surface area contributed by atoms with Gasteiger partial charge in [-0.15, -0.1) is 0 Å². The van der Waals surface area contributed by atoms with Crippen LogP contribution >= 0.6 is 0 Å². The lowest BCUT2D eigenvalue weighted by atomic mass is 10.1. The Kier molecular flexibility index (Phi) is 5.65. The fraction of sp³-hybridized carbons (Fsp3) is 0.353. The molecule has 6 nitrogen and oxygen atoms in total. The third-order valence-corrected chi connectivity index (χ3v) is 3.56. The van der Waals surface area contributed by atoms with Crippen LogP contribution in [0.1, 0.15) is 29.5 Å². The molecule has 23 heavy (non-hydrogen) atoms. The highest BCUT2D eigenvalue weighted by Crippen LogP contribution is 2.08. The predicted octanol–water partition coefficient (Wildman–Crippen LogP) is 1.29. The monoisotopic (exact) mass is 315 g/mol. The summed E-state index contributed by atoms with van der Waals surface area (Å²) in [5, 5.41) is 15.8. The minimum Gasteiger partial charge on any atom is -0.396 e. The molecule has 1 heterocycles. The first-order valence-electron chi connectivity index (χ1n) is 7.58. The van der Waals surface area contributed by atoms with E-state index in [1.54, 1.807) is 11.6 Å². The van der Waals surface area contributed by atoms with Gasteiger partial charge in [-0.2, -0.15) is 5.10 Å². The molecule has 0 bridgehead atoms. The van der Waals surface area contributed by atoms with Gasteiger partial charge in [0.2, 0.25) is 5.43 Å². The van der Waals surface area contributed by atoms with Gasteiger partial charge in [-0.05, 0) is 31.4 Å². The number of para-hydroxylation sites is 1. The van der Waals surface area contributed by atoms with E-state index in [1.807, 2.05) is 37.3 Å². The molecular formula is C17H21N3O3. The molecule has 6 heteroatoms. The van der Waals surface area contributed by atoms with Crippen LogP contribution in [-0.2, 0) is 0 Å². The smallest absolute Gasteiger partial charge is 0.275 e. The second-order valence-electron chi connectivity index (χ2n) is 5.57. The summed E-state index contributed by atoms with van der Waals surface area (Å²) in [5.41, 5.74) is 0.914. The number of nitrogens with zero attached hydrogens (tertiary/aromatic N) is 2. The van der Waals surface area contributed by atoms with Gasteiger partial charge in [0.1, 0.15) is 0 Å². The van der Waals surface area contributed by atoms with Gasteiger partial charge in [-0.3, -0.25) is 9.59 Å². The van der Waals surface area contributed by atoms with Crippen LogP contribution in [0.5, 0.6) is 0 Å². The van der Waals surface area contributed by atoms with Crippen molar-refractivity contribution >= 4 is 5.91 Å². The molecule has 2 rings (SSSR count). The van der Waals surface area contributed by atoms with Crippen LogP contribution in [0.25, 0.3) is 5.69 Å². The zero-order chi connectivity index (χ0) is 16.8. The van der Waals surface area contributed by atoms with Gasteiger partial charge in [0.15, 0.2) is 5.69 Å². The van der Waals surface area contributed by atoms with Crippen LogP contribution in [0.2, 0.25) is 0 Å². The number of carbonyl (C=O) groups excluding carboxylic acids is 1. The first-order chi connectivity index (χ1) is 11.0. The zero-order valence-electron chi connectivity index (χ0n) is 13.3. The SMILES string of the molecule is Cc1cc(=O)c(C(=O)NCC(C)CCO)nn1-c1ccccc1. The highest BCUT2D eigenvalue weighted by molar-refractivity contribution is 5.92. The summed E-state index contributed by atoms with van der Waals surface area (Å²) in [6.07, 6.45) is 0.593. The van der Waals surface area contributed by atoms with Crippen molar-refractivity contribution in [1.82, 2.24) is 15.1 Å². The molecule has 1 atom stereocenters. The van der Waals surface area contributed by atoms with E-state index in [0.29, 0.717) is 18.7 Å². The maximum absolute atomic E-state index is 12.2. The first-order valence-corrected chi connectivity index (χ1v) is 7.58. The van der Waals surface area contributed by atoms with Gasteiger partial charge >= 0.3 is 0 Å². The molecule has 1 aromatic carbocycles. The zero-order valence-corrected chi connectivity index (χ0v) is 13.3. The van der Waals surface area contributed by atoms with Crippen molar-refractivity contribution in [2.75, 3.05) is 13.2 Å². The molecule has 0 radical (unpaired) electrons. The van der Waals surface area contributed by atoms with Crippen LogP contribution in [0.3, 0.4) is 0 Å². The molecule has 0 saturated carbocycles. The molecule has 0 saturated heterocycles. The molecular weight excluding hydrogens is 294 g/mol. The summed E-state index contributed by atoms with van der Waals surface area (Å²) < 4.78 is 1.58. The number of hydrogen-bond donors (Lipinski definition) is 2. The molecule has 0 aliphatic rings. The molecule has 2 aromatic rings. The number of rotatable bonds is 6. The summed E-state index contributed by atoms with van der Waals surface area (Å²) in [7, 11) is 0. The van der Waals surface area contributed by atoms with E-state index in [9.17, 15) is 9.59 Å². The van der Waals surface area contributed by atoms with Crippen LogP contribution in [0.15, 0.2) is 41.2 Å². The van der Waals surface area contributed by atoms with E-state index in [0.717, 1.165) is 5.69 Å². The number of amides is 1. The van der Waals surface area contributed by atoms with Gasteiger partial charge in [-0.25, -0.2) is 4.68 Å². The second-order valence-corrected chi connectivity index (χ2v) is 5.57. The third-order valence-electron chi connectivity index (χ3n) is 3.56. The first kappa shape index (κ1) is 16.9. The van der Waals surface area contributed by atoms with E-state index in [4.69, 9.17) is 5.11 Å². The molecule has 2 N–H and O–H groups in total. The standard InChI is InChI=1S/C17H21N3O3/c1-12(8-9-21)11-18-17(23)16-15(22)10-13(2)20(19-16)14-6-4-3-5-7-14/h3-7,10,12,21H,8-9,11H2,1-2H3,(H,18,23). The van der Waals surface area contributed by atoms with Crippen molar-refractivity contribution in [3.63, 3.8) is 0 Å². The number of aliphatic hydroxyl groups is 1. The Labute approximate surface area is 134 Å². The van der Waals surface area contributed by atoms with E-state index in [1.165, 1.54) is 6.07 Å². The Morgan fingerprint density at radius 3 is 2.70 bits per heavy atom. The van der Waals surface area contributed by atoms with E-state index in [-0.39, 0.29) is 18.2 Å². The summed E-state index contributed by atoms with van der Waals surface area (Å²) in [6, 6.07) is 10.7. The van der Waals surface area contributed by atoms with Crippen molar-refractivity contribution < 1.29 is 9.90 Å². The maximum atomic E-state index is 12.2. The highest BCUT2D eigenvalue weighted by atomic mass is 16.3. The Morgan fingerprint density at radius 2 is 2.04 bits per heavy atom. The summed E-state index contributed by atoms with van der Waals surface area (Å²) >= 11 is 0. The fourth-order valence-corrected chi connectivity index (χ4v) is 2.21. The lowest BCUT2D eigenvalue weighted by Gasteiger charge is -2.13. The summed E-state index contributed by atoms with van der Waals surface area (Å²) in [5.74, 6) is -0.366. The fourth-order valence-electron chi connectivity index (χ4n) is 2.21. The van der Waals surface area contributed by atoms with Crippen LogP contribution in [-0.4, -0.2) is 33.9 Å². The van der Waals surface area contributed by atoms with E-state index < -0.39 is 11.3 Å². The molecule has 0 aliphatic carbocycles. The van der Waals surface area contributed by atoms with Crippen LogP contribution in [0, 0.1) is 12.8 Å². The molecule has 0 fully saturated rings. The Bertz CT molecular complexity index is 726. The molecule has 0 aliphatic heterocycles.